The SMILES string of the molecule is Cc1cc2ccnc(Nc3ccc(Oc4ccnc(N)c4C4=CCN(C(=O)OC(C)(C)C)CC4)c(F)c3)c2c(=O)n1-c1ccc(F)cc1. The number of nitrogens with one attached hydrogen (secondary N) is 1. The number of benzene rings is 2. The van der Waals surface area contributed by atoms with Crippen molar-refractivity contribution in [3.8, 4) is 17.2 Å². The van der Waals surface area contributed by atoms with E-state index in [0.717, 1.165) is 5.57 Å². The van der Waals surface area contributed by atoms with E-state index in [1.54, 1.807) is 36.2 Å². The maximum Gasteiger partial charge on any atom is 0.410 e. The lowest BCUT2D eigenvalue weighted by Crippen LogP contribution is -2.39. The van der Waals surface area contributed by atoms with Gasteiger partial charge in [-0.25, -0.2) is 23.5 Å². The number of hydrogen-bond donors (Lipinski definition) is 2. The highest BCUT2D eigenvalue weighted by atomic mass is 19.1. The number of hydrogen-bond acceptors (Lipinski definition) is 8. The van der Waals surface area contributed by atoms with Crippen molar-refractivity contribution in [2.75, 3.05) is 24.1 Å². The quantitative estimate of drug-likeness (QED) is 0.193. The van der Waals surface area contributed by atoms with Crippen LogP contribution < -0.4 is 21.3 Å². The van der Waals surface area contributed by atoms with Crippen LogP contribution in [0.15, 0.2) is 83.9 Å². The Balaban J connectivity index is 1.25. The van der Waals surface area contributed by atoms with Gasteiger partial charge in [0.2, 0.25) is 0 Å². The average Bonchev–Trinajstić information content (AvgIpc) is 3.02. The summed E-state index contributed by atoms with van der Waals surface area (Å²) >= 11 is 0. The fraction of sp³-hybridized carbons (Fsp3) is 0.222. The normalized spacial score (nSPS) is 13.3. The minimum Gasteiger partial charge on any atom is -0.453 e. The highest BCUT2D eigenvalue weighted by Crippen LogP contribution is 2.38. The van der Waals surface area contributed by atoms with E-state index in [0.29, 0.717) is 53.3 Å². The molecule has 3 aromatic heterocycles. The first kappa shape index (κ1) is 32.2. The van der Waals surface area contributed by atoms with Crippen molar-refractivity contribution in [2.45, 2.75) is 39.7 Å². The number of pyridine rings is 3. The van der Waals surface area contributed by atoms with Crippen molar-refractivity contribution in [3.63, 3.8) is 0 Å². The summed E-state index contributed by atoms with van der Waals surface area (Å²) < 4.78 is 42.1. The van der Waals surface area contributed by atoms with Gasteiger partial charge < -0.3 is 25.4 Å². The molecular formula is C36H34F2N6O4. The van der Waals surface area contributed by atoms with E-state index in [1.807, 2.05) is 32.9 Å². The molecule has 0 fully saturated rings. The number of anilines is 3. The molecule has 0 bridgehead atoms. The predicted octanol–water partition coefficient (Wildman–Crippen LogP) is 7.51. The minimum absolute atomic E-state index is 0.0561. The summed E-state index contributed by atoms with van der Waals surface area (Å²) in [5, 5.41) is 3.99. The maximum atomic E-state index is 15.6. The molecule has 0 spiro atoms. The minimum atomic E-state index is -0.671. The lowest BCUT2D eigenvalue weighted by molar-refractivity contribution is 0.0270. The first-order valence-electron chi connectivity index (χ1n) is 15.3. The van der Waals surface area contributed by atoms with Crippen molar-refractivity contribution in [1.29, 1.82) is 0 Å². The van der Waals surface area contributed by atoms with Crippen molar-refractivity contribution in [2.24, 2.45) is 0 Å². The van der Waals surface area contributed by atoms with E-state index in [4.69, 9.17) is 15.2 Å². The number of nitrogens with two attached hydrogens (primary N) is 1. The molecule has 5 aromatic rings. The van der Waals surface area contributed by atoms with E-state index in [9.17, 15) is 14.0 Å². The van der Waals surface area contributed by atoms with E-state index >= 15 is 4.39 Å². The number of aromatic nitrogens is 3. The molecule has 1 aliphatic heterocycles. The molecule has 1 aliphatic rings. The van der Waals surface area contributed by atoms with Gasteiger partial charge in [-0.3, -0.25) is 9.36 Å². The summed E-state index contributed by atoms with van der Waals surface area (Å²) in [6, 6.07) is 15.1. The smallest absolute Gasteiger partial charge is 0.410 e. The molecule has 12 heteroatoms. The first-order chi connectivity index (χ1) is 22.9. The van der Waals surface area contributed by atoms with Gasteiger partial charge in [0.15, 0.2) is 11.6 Å². The molecule has 0 aliphatic carbocycles. The molecule has 0 unspecified atom stereocenters. The third-order valence-corrected chi connectivity index (χ3v) is 7.74. The zero-order valence-corrected chi connectivity index (χ0v) is 26.9. The number of halogens is 2. The molecular weight excluding hydrogens is 618 g/mol. The standard InChI is InChI=1S/C36H34F2N6O4/c1-21-19-23-11-15-41-33(31(23)34(45)44(21)26-8-5-24(37)6-9-26)42-25-7-10-28(27(38)20-25)47-29-12-16-40-32(39)30(29)22-13-17-43(18-14-22)35(46)48-36(2,3)4/h5-13,15-16,19-20H,14,17-18H2,1-4H3,(H2,39,40)(H,41,42). The Morgan fingerprint density at radius 3 is 2.42 bits per heavy atom. The highest BCUT2D eigenvalue weighted by Gasteiger charge is 2.26. The predicted molar refractivity (Wildman–Crippen MR) is 181 cm³/mol. The van der Waals surface area contributed by atoms with Gasteiger partial charge in [0.1, 0.15) is 28.8 Å². The Kier molecular flexibility index (Phi) is 8.57. The largest absolute Gasteiger partial charge is 0.453 e. The number of ether oxygens (including phenoxy) is 2. The van der Waals surface area contributed by atoms with Crippen LogP contribution in [-0.2, 0) is 4.74 Å². The van der Waals surface area contributed by atoms with Crippen molar-refractivity contribution in [3.05, 3.63) is 112 Å². The fourth-order valence-corrected chi connectivity index (χ4v) is 5.56. The number of amides is 1. The molecule has 3 N–H and O–H groups in total. The molecule has 4 heterocycles. The number of aryl methyl sites for hydroxylation is 1. The van der Waals surface area contributed by atoms with Gasteiger partial charge in [-0.2, -0.15) is 0 Å². The van der Waals surface area contributed by atoms with Crippen LogP contribution in [-0.4, -0.2) is 44.2 Å². The Hall–Kier alpha value is -5.78. The molecule has 2 aromatic carbocycles. The highest BCUT2D eigenvalue weighted by molar-refractivity contribution is 5.93. The van der Waals surface area contributed by atoms with Crippen molar-refractivity contribution in [1.82, 2.24) is 19.4 Å². The van der Waals surface area contributed by atoms with Gasteiger partial charge in [0, 0.05) is 48.6 Å². The summed E-state index contributed by atoms with van der Waals surface area (Å²) in [5.74, 6) is -0.382. The van der Waals surface area contributed by atoms with Crippen LogP contribution in [0.2, 0.25) is 0 Å². The van der Waals surface area contributed by atoms with Crippen LogP contribution in [0, 0.1) is 18.6 Å². The molecule has 0 saturated heterocycles. The maximum absolute atomic E-state index is 15.6. The molecule has 10 nitrogen and oxygen atoms in total. The van der Waals surface area contributed by atoms with Crippen LogP contribution in [0.5, 0.6) is 11.5 Å². The Morgan fingerprint density at radius 2 is 1.73 bits per heavy atom. The van der Waals surface area contributed by atoms with Gasteiger partial charge in [-0.05, 0) is 99.7 Å². The molecule has 6 rings (SSSR count). The van der Waals surface area contributed by atoms with E-state index in [-0.39, 0.29) is 28.3 Å². The fourth-order valence-electron chi connectivity index (χ4n) is 5.56. The monoisotopic (exact) mass is 652 g/mol. The lowest BCUT2D eigenvalue weighted by atomic mass is 9.99. The van der Waals surface area contributed by atoms with Crippen LogP contribution in [0.3, 0.4) is 0 Å². The lowest BCUT2D eigenvalue weighted by Gasteiger charge is -2.30. The topological polar surface area (TPSA) is 125 Å². The second-order valence-corrected chi connectivity index (χ2v) is 12.4. The zero-order chi connectivity index (χ0) is 34.2. The summed E-state index contributed by atoms with van der Waals surface area (Å²) in [7, 11) is 0. The third-order valence-electron chi connectivity index (χ3n) is 7.74. The first-order valence-corrected chi connectivity index (χ1v) is 15.3. The number of rotatable bonds is 6. The zero-order valence-electron chi connectivity index (χ0n) is 26.9. The third kappa shape index (κ3) is 6.68. The van der Waals surface area contributed by atoms with Crippen LogP contribution in [0.1, 0.15) is 38.4 Å². The molecule has 0 saturated carbocycles. The van der Waals surface area contributed by atoms with Gasteiger partial charge in [0.05, 0.1) is 10.9 Å². The Morgan fingerprint density at radius 1 is 0.979 bits per heavy atom. The number of nitrogens with zero attached hydrogens (tertiary/aromatic N) is 4. The molecule has 0 radical (unpaired) electrons. The average molecular weight is 653 g/mol. The van der Waals surface area contributed by atoms with Gasteiger partial charge >= 0.3 is 6.09 Å². The van der Waals surface area contributed by atoms with Crippen molar-refractivity contribution >= 4 is 39.8 Å². The second-order valence-electron chi connectivity index (χ2n) is 12.4. The molecule has 48 heavy (non-hydrogen) atoms. The summed E-state index contributed by atoms with van der Waals surface area (Å²) in [6.45, 7) is 7.94. The van der Waals surface area contributed by atoms with Gasteiger partial charge in [0.25, 0.3) is 5.56 Å². The summed E-state index contributed by atoms with van der Waals surface area (Å²) in [6.07, 6.45) is 4.96. The number of nitrogen functional groups attached to an aromatic ring is 1. The Bertz CT molecular complexity index is 2120. The van der Waals surface area contributed by atoms with E-state index < -0.39 is 23.3 Å². The van der Waals surface area contributed by atoms with Crippen LogP contribution >= 0.6 is 0 Å². The van der Waals surface area contributed by atoms with Crippen molar-refractivity contribution < 1.29 is 23.0 Å². The van der Waals surface area contributed by atoms with Gasteiger partial charge in [-0.15, -0.1) is 0 Å². The second kappa shape index (κ2) is 12.8. The van der Waals surface area contributed by atoms with Gasteiger partial charge in [-0.1, -0.05) is 6.08 Å². The number of fused-ring (bicyclic) bond motifs is 1. The van der Waals surface area contributed by atoms with E-state index in [2.05, 4.69) is 15.3 Å². The number of carbonyl (C=O) groups excluding carboxylic acids is 1. The van der Waals surface area contributed by atoms with Crippen LogP contribution in [0.4, 0.5) is 30.9 Å². The van der Waals surface area contributed by atoms with Crippen LogP contribution in [0.25, 0.3) is 22.0 Å². The summed E-state index contributed by atoms with van der Waals surface area (Å²) in [5.41, 5.74) is 8.13. The van der Waals surface area contributed by atoms with E-state index in [1.165, 1.54) is 47.2 Å². The molecule has 246 valence electrons. The summed E-state index contributed by atoms with van der Waals surface area (Å²) in [4.78, 5) is 36.4. The number of carbonyl (C=O) groups is 1. The Labute approximate surface area is 275 Å². The molecule has 1 amide bonds. The molecule has 0 atom stereocenters.